The van der Waals surface area contributed by atoms with E-state index in [1.165, 1.54) is 12.1 Å². The van der Waals surface area contributed by atoms with Crippen LogP contribution >= 0.6 is 0 Å². The Bertz CT molecular complexity index is 1120. The smallest absolute Gasteiger partial charge is 0.219 e. The maximum absolute atomic E-state index is 13.7. The molecule has 0 bridgehead atoms. The van der Waals surface area contributed by atoms with Crippen LogP contribution in [0.3, 0.4) is 0 Å². The largest absolute Gasteiger partial charge is 0.495 e. The molecule has 166 valence electrons. The summed E-state index contributed by atoms with van der Waals surface area (Å²) in [7, 11) is 1.59. The van der Waals surface area contributed by atoms with Crippen LogP contribution < -0.4 is 10.1 Å². The molecule has 1 aliphatic rings. The molecule has 2 atom stereocenters. The fourth-order valence-electron chi connectivity index (χ4n) is 4.00. The van der Waals surface area contributed by atoms with Gasteiger partial charge in [0.05, 0.1) is 19.0 Å². The number of carbonyl (C=O) groups excluding carboxylic acids is 1. The summed E-state index contributed by atoms with van der Waals surface area (Å²) >= 11 is 0. The number of hydrogen-bond acceptors (Lipinski definition) is 6. The van der Waals surface area contributed by atoms with E-state index in [1.54, 1.807) is 44.6 Å². The predicted molar refractivity (Wildman–Crippen MR) is 120 cm³/mol. The molecule has 1 aromatic carbocycles. The van der Waals surface area contributed by atoms with Crippen LogP contribution in [0.1, 0.15) is 38.4 Å². The molecule has 1 aliphatic heterocycles. The van der Waals surface area contributed by atoms with Gasteiger partial charge in [0, 0.05) is 48.9 Å². The Balaban J connectivity index is 1.74. The van der Waals surface area contributed by atoms with Gasteiger partial charge in [0.2, 0.25) is 5.91 Å². The molecule has 3 heterocycles. The van der Waals surface area contributed by atoms with Crippen LogP contribution in [-0.2, 0) is 4.79 Å². The molecule has 3 aromatic rings. The van der Waals surface area contributed by atoms with E-state index in [4.69, 9.17) is 14.7 Å². The first kappa shape index (κ1) is 21.7. The molecule has 1 N–H and O–H groups in total. The topological polar surface area (TPSA) is 80.2 Å². The number of benzene rings is 1. The maximum Gasteiger partial charge on any atom is 0.219 e. The zero-order chi connectivity index (χ0) is 22.7. The molecule has 1 fully saturated rings. The first-order chi connectivity index (χ1) is 15.4. The van der Waals surface area contributed by atoms with E-state index in [2.05, 4.69) is 17.2 Å². The number of aromatic nitrogens is 3. The molecular weight excluding hydrogens is 409 g/mol. The van der Waals surface area contributed by atoms with Crippen LogP contribution in [0.15, 0.2) is 48.8 Å². The molecular formula is C24H26FN5O2. The van der Waals surface area contributed by atoms with Crippen LogP contribution in [0.25, 0.3) is 11.3 Å². The lowest BCUT2D eigenvalue weighted by molar-refractivity contribution is -0.132. The highest BCUT2D eigenvalue weighted by Gasteiger charge is 2.30. The van der Waals surface area contributed by atoms with E-state index in [0.29, 0.717) is 35.3 Å². The lowest BCUT2D eigenvalue weighted by atomic mass is 9.92. The van der Waals surface area contributed by atoms with Crippen LogP contribution in [0.4, 0.5) is 15.9 Å². The standard InChI is InChI=1S/C24H26FN5O2/c1-15-7-8-17(14-30(15)16(2)31)24-28-22(18-9-21(32-3)13-26-12-18)11-23(29-24)27-20-6-4-5-19(25)10-20/h4-6,9-13,15,17H,7-8,14H2,1-3H3,(H,27,28,29)/t15-,17+/m0/s1. The molecule has 1 amide bonds. The number of hydrogen-bond donors (Lipinski definition) is 1. The Kier molecular flexibility index (Phi) is 6.30. The summed E-state index contributed by atoms with van der Waals surface area (Å²) < 4.78 is 19.0. The number of halogens is 1. The summed E-state index contributed by atoms with van der Waals surface area (Å²) in [6.45, 7) is 4.22. The van der Waals surface area contributed by atoms with E-state index in [0.717, 1.165) is 18.4 Å². The molecule has 7 nitrogen and oxygen atoms in total. The highest BCUT2D eigenvalue weighted by molar-refractivity contribution is 5.74. The van der Waals surface area contributed by atoms with Crippen LogP contribution in [0.2, 0.25) is 0 Å². The third-order valence-electron chi connectivity index (χ3n) is 5.74. The summed E-state index contributed by atoms with van der Waals surface area (Å²) in [5.74, 6) is 1.53. The Morgan fingerprint density at radius 3 is 2.78 bits per heavy atom. The molecule has 0 aliphatic carbocycles. The van der Waals surface area contributed by atoms with Gasteiger partial charge in [-0.05, 0) is 44.0 Å². The van der Waals surface area contributed by atoms with Crippen molar-refractivity contribution in [3.63, 3.8) is 0 Å². The maximum atomic E-state index is 13.7. The number of nitrogens with one attached hydrogen (secondary N) is 1. The van der Waals surface area contributed by atoms with E-state index in [9.17, 15) is 9.18 Å². The molecule has 0 spiro atoms. The van der Waals surface area contributed by atoms with Crippen molar-refractivity contribution in [3.05, 3.63) is 60.4 Å². The predicted octanol–water partition coefficient (Wildman–Crippen LogP) is 4.54. The summed E-state index contributed by atoms with van der Waals surface area (Å²) in [5.41, 5.74) is 2.04. The number of nitrogens with zero attached hydrogens (tertiary/aromatic N) is 4. The average Bonchev–Trinajstić information content (AvgIpc) is 2.79. The lowest BCUT2D eigenvalue weighted by Crippen LogP contribution is -2.44. The molecule has 2 aromatic heterocycles. The van der Waals surface area contributed by atoms with Gasteiger partial charge in [-0.2, -0.15) is 0 Å². The number of rotatable bonds is 5. The van der Waals surface area contributed by atoms with Gasteiger partial charge < -0.3 is 15.0 Å². The van der Waals surface area contributed by atoms with E-state index in [-0.39, 0.29) is 23.7 Å². The monoisotopic (exact) mass is 435 g/mol. The molecule has 1 saturated heterocycles. The second-order valence-electron chi connectivity index (χ2n) is 8.04. The number of carbonyl (C=O) groups is 1. The second kappa shape index (κ2) is 9.30. The quantitative estimate of drug-likeness (QED) is 0.634. The normalized spacial score (nSPS) is 18.3. The first-order valence-corrected chi connectivity index (χ1v) is 10.6. The SMILES string of the molecule is COc1cncc(-c2cc(Nc3cccc(F)c3)nc([C@@H]3CC[C@H](C)N(C(C)=O)C3)n2)c1. The van der Waals surface area contributed by atoms with Gasteiger partial charge >= 0.3 is 0 Å². The molecule has 0 radical (unpaired) electrons. The second-order valence-corrected chi connectivity index (χ2v) is 8.04. The van der Waals surface area contributed by atoms with Gasteiger partial charge in [-0.3, -0.25) is 9.78 Å². The molecule has 8 heteroatoms. The number of amides is 1. The summed E-state index contributed by atoms with van der Waals surface area (Å²) in [6.07, 6.45) is 5.10. The zero-order valence-electron chi connectivity index (χ0n) is 18.4. The van der Waals surface area contributed by atoms with Crippen molar-refractivity contribution in [2.45, 2.75) is 38.6 Å². The number of pyridine rings is 1. The van der Waals surface area contributed by atoms with Crippen molar-refractivity contribution in [2.24, 2.45) is 0 Å². The van der Waals surface area contributed by atoms with Crippen molar-refractivity contribution in [1.29, 1.82) is 0 Å². The van der Waals surface area contributed by atoms with Crippen molar-refractivity contribution in [3.8, 4) is 17.0 Å². The highest BCUT2D eigenvalue weighted by atomic mass is 19.1. The molecule has 0 saturated carbocycles. The number of ether oxygens (including phenoxy) is 1. The fraction of sp³-hybridized carbons (Fsp3) is 0.333. The minimum absolute atomic E-state index is 0.00155. The lowest BCUT2D eigenvalue weighted by Gasteiger charge is -2.37. The van der Waals surface area contributed by atoms with Gasteiger partial charge in [0.25, 0.3) is 0 Å². The van der Waals surface area contributed by atoms with Crippen LogP contribution in [0, 0.1) is 5.82 Å². The third-order valence-corrected chi connectivity index (χ3v) is 5.74. The number of likely N-dealkylation sites (tertiary alicyclic amines) is 1. The van der Waals surface area contributed by atoms with Gasteiger partial charge in [-0.25, -0.2) is 14.4 Å². The fourth-order valence-corrected chi connectivity index (χ4v) is 4.00. The van der Waals surface area contributed by atoms with Gasteiger partial charge in [0.15, 0.2) is 0 Å². The van der Waals surface area contributed by atoms with Gasteiger partial charge in [-0.15, -0.1) is 0 Å². The molecule has 0 unspecified atom stereocenters. The van der Waals surface area contributed by atoms with Crippen molar-refractivity contribution in [2.75, 3.05) is 19.0 Å². The minimum Gasteiger partial charge on any atom is -0.495 e. The first-order valence-electron chi connectivity index (χ1n) is 10.6. The average molecular weight is 436 g/mol. The molecule has 4 rings (SSSR count). The van der Waals surface area contributed by atoms with Crippen molar-refractivity contribution in [1.82, 2.24) is 19.9 Å². The van der Waals surface area contributed by atoms with Crippen LogP contribution in [-0.4, -0.2) is 45.5 Å². The Labute approximate surface area is 186 Å². The number of methoxy groups -OCH3 is 1. The van der Waals surface area contributed by atoms with Crippen molar-refractivity contribution < 1.29 is 13.9 Å². The summed E-state index contributed by atoms with van der Waals surface area (Å²) in [5, 5.41) is 3.18. The van der Waals surface area contributed by atoms with Gasteiger partial charge in [-0.1, -0.05) is 6.07 Å². The number of anilines is 2. The van der Waals surface area contributed by atoms with Gasteiger partial charge in [0.1, 0.15) is 23.2 Å². The minimum atomic E-state index is -0.333. The summed E-state index contributed by atoms with van der Waals surface area (Å²) in [6, 6.07) is 10.1. The van der Waals surface area contributed by atoms with Crippen molar-refractivity contribution >= 4 is 17.4 Å². The third kappa shape index (κ3) is 4.85. The highest BCUT2D eigenvalue weighted by Crippen LogP contribution is 2.32. The number of piperidine rings is 1. The molecule has 32 heavy (non-hydrogen) atoms. The van der Waals surface area contributed by atoms with E-state index < -0.39 is 0 Å². The van der Waals surface area contributed by atoms with E-state index >= 15 is 0 Å². The Morgan fingerprint density at radius 2 is 2.03 bits per heavy atom. The zero-order valence-corrected chi connectivity index (χ0v) is 18.4. The Morgan fingerprint density at radius 1 is 1.19 bits per heavy atom. The van der Waals surface area contributed by atoms with Crippen LogP contribution in [0.5, 0.6) is 5.75 Å². The Hall–Kier alpha value is -3.55. The van der Waals surface area contributed by atoms with E-state index in [1.807, 2.05) is 11.0 Å². The summed E-state index contributed by atoms with van der Waals surface area (Å²) in [4.78, 5) is 27.8.